The number of hydrogen-bond acceptors (Lipinski definition) is 2. The van der Waals surface area contributed by atoms with Crippen molar-refractivity contribution in [1.82, 2.24) is 0 Å². The molecule has 13 heavy (non-hydrogen) atoms. The standard InChI is InChI=1S/C10H14INO/c11-9-5-2-1-4-8(9)10(12)6-3-7-13/h1-2,4-5,10,13H,3,6-7,12H2/t10-/m0/s1. The van der Waals surface area contributed by atoms with Crippen molar-refractivity contribution in [2.24, 2.45) is 5.73 Å². The average Bonchev–Trinajstić information content (AvgIpc) is 2.15. The Balaban J connectivity index is 2.65. The van der Waals surface area contributed by atoms with Crippen LogP contribution in [0.2, 0.25) is 0 Å². The van der Waals surface area contributed by atoms with Gasteiger partial charge in [0.25, 0.3) is 0 Å². The third kappa shape index (κ3) is 3.25. The van der Waals surface area contributed by atoms with Crippen LogP contribution >= 0.6 is 22.6 Å². The van der Waals surface area contributed by atoms with Crippen LogP contribution in [0.25, 0.3) is 0 Å². The Hall–Kier alpha value is -0.130. The molecule has 1 rings (SSSR count). The molecule has 0 saturated heterocycles. The summed E-state index contributed by atoms with van der Waals surface area (Å²) in [6, 6.07) is 8.15. The quantitative estimate of drug-likeness (QED) is 0.834. The molecule has 0 amide bonds. The fraction of sp³-hybridized carbons (Fsp3) is 0.400. The zero-order valence-corrected chi connectivity index (χ0v) is 9.57. The summed E-state index contributed by atoms with van der Waals surface area (Å²) in [6.07, 6.45) is 1.61. The Morgan fingerprint density at radius 2 is 2.08 bits per heavy atom. The molecule has 2 nitrogen and oxygen atoms in total. The van der Waals surface area contributed by atoms with E-state index in [1.165, 1.54) is 9.13 Å². The van der Waals surface area contributed by atoms with Gasteiger partial charge in [0.15, 0.2) is 0 Å². The highest BCUT2D eigenvalue weighted by atomic mass is 127. The van der Waals surface area contributed by atoms with Gasteiger partial charge in [0.05, 0.1) is 0 Å². The van der Waals surface area contributed by atoms with Gasteiger partial charge in [-0.05, 0) is 47.1 Å². The maximum absolute atomic E-state index is 8.67. The van der Waals surface area contributed by atoms with Crippen LogP contribution < -0.4 is 5.73 Å². The third-order valence-corrected chi connectivity index (χ3v) is 2.96. The highest BCUT2D eigenvalue weighted by molar-refractivity contribution is 14.1. The molecule has 3 heteroatoms. The Morgan fingerprint density at radius 1 is 1.38 bits per heavy atom. The van der Waals surface area contributed by atoms with Crippen LogP contribution in [0.5, 0.6) is 0 Å². The monoisotopic (exact) mass is 291 g/mol. The molecule has 1 aromatic carbocycles. The topological polar surface area (TPSA) is 46.2 Å². The Kier molecular flexibility index (Phi) is 4.69. The lowest BCUT2D eigenvalue weighted by Gasteiger charge is -2.12. The SMILES string of the molecule is N[C@@H](CCCO)c1ccccc1I. The maximum atomic E-state index is 8.67. The first-order valence-corrected chi connectivity index (χ1v) is 5.44. The molecule has 0 spiro atoms. The largest absolute Gasteiger partial charge is 0.396 e. The Bertz CT molecular complexity index is 265. The van der Waals surface area contributed by atoms with Crippen molar-refractivity contribution in [1.29, 1.82) is 0 Å². The summed E-state index contributed by atoms with van der Waals surface area (Å²) < 4.78 is 1.20. The molecule has 72 valence electrons. The lowest BCUT2D eigenvalue weighted by molar-refractivity contribution is 0.280. The molecule has 0 fully saturated rings. The summed E-state index contributed by atoms with van der Waals surface area (Å²) in [6.45, 7) is 0.219. The van der Waals surface area contributed by atoms with Gasteiger partial charge in [-0.3, -0.25) is 0 Å². The maximum Gasteiger partial charge on any atom is 0.0431 e. The van der Waals surface area contributed by atoms with Crippen LogP contribution in [-0.4, -0.2) is 11.7 Å². The van der Waals surface area contributed by atoms with Crippen LogP contribution in [0.15, 0.2) is 24.3 Å². The smallest absolute Gasteiger partial charge is 0.0431 e. The fourth-order valence-electron chi connectivity index (χ4n) is 1.24. The molecule has 0 aromatic heterocycles. The molecule has 0 aliphatic heterocycles. The Morgan fingerprint density at radius 3 is 2.69 bits per heavy atom. The Labute approximate surface area is 92.3 Å². The average molecular weight is 291 g/mol. The van der Waals surface area contributed by atoms with Crippen LogP contribution in [-0.2, 0) is 0 Å². The number of benzene rings is 1. The van der Waals surface area contributed by atoms with Crippen molar-refractivity contribution in [3.8, 4) is 0 Å². The highest BCUT2D eigenvalue weighted by Gasteiger charge is 2.07. The number of rotatable bonds is 4. The molecule has 1 aromatic rings. The van der Waals surface area contributed by atoms with E-state index < -0.39 is 0 Å². The molecule has 3 N–H and O–H groups in total. The van der Waals surface area contributed by atoms with E-state index in [2.05, 4.69) is 28.7 Å². The van der Waals surface area contributed by atoms with Gasteiger partial charge in [0.1, 0.15) is 0 Å². The summed E-state index contributed by atoms with van der Waals surface area (Å²) in [4.78, 5) is 0. The molecule has 0 bridgehead atoms. The second-order valence-electron chi connectivity index (χ2n) is 2.99. The van der Waals surface area contributed by atoms with E-state index in [0.29, 0.717) is 0 Å². The molecule has 0 saturated carbocycles. The van der Waals surface area contributed by atoms with E-state index in [0.717, 1.165) is 12.8 Å². The zero-order chi connectivity index (χ0) is 9.68. The molecule has 0 aliphatic carbocycles. The first-order chi connectivity index (χ1) is 6.25. The predicted octanol–water partition coefficient (Wildman–Crippen LogP) is 2.06. The first kappa shape index (κ1) is 10.9. The van der Waals surface area contributed by atoms with Crippen LogP contribution in [0.1, 0.15) is 24.4 Å². The fourth-order valence-corrected chi connectivity index (χ4v) is 2.03. The third-order valence-electron chi connectivity index (χ3n) is 1.98. The second kappa shape index (κ2) is 5.57. The number of nitrogens with two attached hydrogens (primary N) is 1. The van der Waals surface area contributed by atoms with Crippen molar-refractivity contribution >= 4 is 22.6 Å². The van der Waals surface area contributed by atoms with Gasteiger partial charge < -0.3 is 10.8 Å². The van der Waals surface area contributed by atoms with Crippen molar-refractivity contribution in [2.45, 2.75) is 18.9 Å². The van der Waals surface area contributed by atoms with E-state index in [1.54, 1.807) is 0 Å². The van der Waals surface area contributed by atoms with Gasteiger partial charge in [-0.25, -0.2) is 0 Å². The van der Waals surface area contributed by atoms with Gasteiger partial charge in [0, 0.05) is 16.2 Å². The zero-order valence-electron chi connectivity index (χ0n) is 7.41. The molecule has 0 aliphatic rings. The van der Waals surface area contributed by atoms with E-state index >= 15 is 0 Å². The normalized spacial score (nSPS) is 12.8. The second-order valence-corrected chi connectivity index (χ2v) is 4.16. The highest BCUT2D eigenvalue weighted by Crippen LogP contribution is 2.21. The summed E-state index contributed by atoms with van der Waals surface area (Å²) in [5.41, 5.74) is 7.14. The summed E-state index contributed by atoms with van der Waals surface area (Å²) >= 11 is 2.28. The molecular formula is C10H14INO. The molecule has 0 radical (unpaired) electrons. The number of hydrogen-bond donors (Lipinski definition) is 2. The van der Waals surface area contributed by atoms with Crippen molar-refractivity contribution < 1.29 is 5.11 Å². The number of halogens is 1. The van der Waals surface area contributed by atoms with Crippen LogP contribution in [0.3, 0.4) is 0 Å². The lowest BCUT2D eigenvalue weighted by atomic mass is 10.0. The van der Waals surface area contributed by atoms with Crippen molar-refractivity contribution in [3.05, 3.63) is 33.4 Å². The van der Waals surface area contributed by atoms with Gasteiger partial charge in [-0.1, -0.05) is 18.2 Å². The summed E-state index contributed by atoms with van der Waals surface area (Å²) in [5, 5.41) is 8.67. The minimum atomic E-state index is 0.0558. The van der Waals surface area contributed by atoms with Gasteiger partial charge >= 0.3 is 0 Å². The molecule has 1 atom stereocenters. The summed E-state index contributed by atoms with van der Waals surface area (Å²) in [5.74, 6) is 0. The van der Waals surface area contributed by atoms with Crippen LogP contribution in [0, 0.1) is 3.57 Å². The minimum Gasteiger partial charge on any atom is -0.396 e. The number of aliphatic hydroxyl groups excluding tert-OH is 1. The predicted molar refractivity (Wildman–Crippen MR) is 62.4 cm³/mol. The summed E-state index contributed by atoms with van der Waals surface area (Å²) in [7, 11) is 0. The molecule has 0 heterocycles. The van der Waals surface area contributed by atoms with Gasteiger partial charge in [0.2, 0.25) is 0 Å². The van der Waals surface area contributed by atoms with Gasteiger partial charge in [-0.15, -0.1) is 0 Å². The van der Waals surface area contributed by atoms with E-state index in [1.807, 2.05) is 18.2 Å². The minimum absolute atomic E-state index is 0.0558. The van der Waals surface area contributed by atoms with Crippen LogP contribution in [0.4, 0.5) is 0 Å². The van der Waals surface area contributed by atoms with E-state index in [4.69, 9.17) is 10.8 Å². The van der Waals surface area contributed by atoms with Crippen molar-refractivity contribution in [2.75, 3.05) is 6.61 Å². The van der Waals surface area contributed by atoms with E-state index in [9.17, 15) is 0 Å². The molecular weight excluding hydrogens is 277 g/mol. The van der Waals surface area contributed by atoms with E-state index in [-0.39, 0.29) is 12.6 Å². The first-order valence-electron chi connectivity index (χ1n) is 4.36. The van der Waals surface area contributed by atoms with Gasteiger partial charge in [-0.2, -0.15) is 0 Å². The number of aliphatic hydroxyl groups is 1. The lowest BCUT2D eigenvalue weighted by Crippen LogP contribution is -2.12. The molecule has 0 unspecified atom stereocenters. The van der Waals surface area contributed by atoms with Crippen molar-refractivity contribution in [3.63, 3.8) is 0 Å².